The number of aryl methyl sites for hydroxylation is 2. The number of sulfonamides is 1. The lowest BCUT2D eigenvalue weighted by molar-refractivity contribution is -0.126. The average Bonchev–Trinajstić information content (AvgIpc) is 3.22. The van der Waals surface area contributed by atoms with Gasteiger partial charge in [0.25, 0.3) is 0 Å². The summed E-state index contributed by atoms with van der Waals surface area (Å²) in [4.78, 5) is 12.4. The van der Waals surface area contributed by atoms with E-state index in [1.54, 1.807) is 25.2 Å². The van der Waals surface area contributed by atoms with Crippen LogP contribution in [0.2, 0.25) is 0 Å². The molecule has 0 spiro atoms. The number of piperidine rings is 1. The Kier molecular flexibility index (Phi) is 5.26. The predicted octanol–water partition coefficient (Wildman–Crippen LogP) is 2.07. The summed E-state index contributed by atoms with van der Waals surface area (Å²) in [7, 11) is -3.63. The molecule has 1 aliphatic rings. The molecular weight excluding hydrogens is 362 g/mol. The number of thiophene rings is 1. The van der Waals surface area contributed by atoms with E-state index in [1.165, 1.54) is 4.31 Å². The molecule has 1 saturated heterocycles. The van der Waals surface area contributed by atoms with Gasteiger partial charge in [0.15, 0.2) is 5.76 Å². The molecule has 1 aliphatic heterocycles. The number of nitrogens with zero attached hydrogens (tertiary/aromatic N) is 2. The molecule has 0 aliphatic carbocycles. The summed E-state index contributed by atoms with van der Waals surface area (Å²) >= 11 is 1.59. The molecular formula is C16H21N3O4S2. The summed E-state index contributed by atoms with van der Waals surface area (Å²) in [6.07, 6.45) is 1.02. The molecule has 1 amide bonds. The highest BCUT2D eigenvalue weighted by Crippen LogP contribution is 2.27. The van der Waals surface area contributed by atoms with Crippen LogP contribution < -0.4 is 5.32 Å². The second-order valence-electron chi connectivity index (χ2n) is 6.18. The first-order valence-corrected chi connectivity index (χ1v) is 10.5. The van der Waals surface area contributed by atoms with Crippen molar-refractivity contribution >= 4 is 27.3 Å². The van der Waals surface area contributed by atoms with Gasteiger partial charge in [-0.05, 0) is 49.1 Å². The SMILES string of the molecule is Cc1noc(C)c1S(=O)(=O)N1CCC(C(=O)NCc2ccsc2)CC1. The monoisotopic (exact) mass is 383 g/mol. The summed E-state index contributed by atoms with van der Waals surface area (Å²) < 4.78 is 31.9. The predicted molar refractivity (Wildman–Crippen MR) is 93.6 cm³/mol. The molecule has 9 heteroatoms. The molecule has 0 atom stereocenters. The normalized spacial score (nSPS) is 16.9. The first-order chi connectivity index (χ1) is 11.9. The van der Waals surface area contributed by atoms with E-state index < -0.39 is 10.0 Å². The highest BCUT2D eigenvalue weighted by atomic mass is 32.2. The molecule has 0 bridgehead atoms. The minimum atomic E-state index is -3.63. The van der Waals surface area contributed by atoms with E-state index >= 15 is 0 Å². The Bertz CT molecular complexity index is 815. The molecule has 136 valence electrons. The number of hydrogen-bond donors (Lipinski definition) is 1. The fraction of sp³-hybridized carbons (Fsp3) is 0.500. The third-order valence-corrected chi connectivity index (χ3v) is 7.31. The second-order valence-corrected chi connectivity index (χ2v) is 8.84. The Morgan fingerprint density at radius 2 is 2.12 bits per heavy atom. The lowest BCUT2D eigenvalue weighted by Gasteiger charge is -2.30. The van der Waals surface area contributed by atoms with Gasteiger partial charge < -0.3 is 9.84 Å². The highest BCUT2D eigenvalue weighted by molar-refractivity contribution is 7.89. The molecule has 3 heterocycles. The fourth-order valence-electron chi connectivity index (χ4n) is 3.06. The maximum atomic E-state index is 12.8. The van der Waals surface area contributed by atoms with Crippen molar-refractivity contribution in [3.05, 3.63) is 33.8 Å². The van der Waals surface area contributed by atoms with Gasteiger partial charge in [-0.3, -0.25) is 4.79 Å². The van der Waals surface area contributed by atoms with Gasteiger partial charge in [0.2, 0.25) is 15.9 Å². The van der Waals surface area contributed by atoms with Crippen LogP contribution in [0.1, 0.15) is 29.9 Å². The lowest BCUT2D eigenvalue weighted by Crippen LogP contribution is -2.43. The molecule has 0 unspecified atom stereocenters. The molecule has 2 aromatic rings. The van der Waals surface area contributed by atoms with Gasteiger partial charge in [-0.1, -0.05) is 5.16 Å². The van der Waals surface area contributed by atoms with E-state index in [9.17, 15) is 13.2 Å². The van der Waals surface area contributed by atoms with Gasteiger partial charge in [-0.2, -0.15) is 15.6 Å². The van der Waals surface area contributed by atoms with Gasteiger partial charge in [0.05, 0.1) is 0 Å². The third kappa shape index (κ3) is 3.78. The maximum Gasteiger partial charge on any atom is 0.248 e. The fourth-order valence-corrected chi connectivity index (χ4v) is 5.49. The molecule has 0 saturated carbocycles. The average molecular weight is 383 g/mol. The van der Waals surface area contributed by atoms with Gasteiger partial charge in [-0.15, -0.1) is 0 Å². The molecule has 25 heavy (non-hydrogen) atoms. The van der Waals surface area contributed by atoms with E-state index in [0.717, 1.165) is 5.56 Å². The van der Waals surface area contributed by atoms with Crippen LogP contribution in [0.25, 0.3) is 0 Å². The summed E-state index contributed by atoms with van der Waals surface area (Å²) in [5.74, 6) is 0.128. The van der Waals surface area contributed by atoms with E-state index in [0.29, 0.717) is 43.9 Å². The summed E-state index contributed by atoms with van der Waals surface area (Å²) in [6, 6.07) is 1.98. The molecule has 3 rings (SSSR count). The van der Waals surface area contributed by atoms with Crippen molar-refractivity contribution in [2.45, 2.75) is 38.1 Å². The molecule has 7 nitrogen and oxygen atoms in total. The van der Waals surface area contributed by atoms with Crippen LogP contribution in [0, 0.1) is 19.8 Å². The zero-order valence-electron chi connectivity index (χ0n) is 14.2. The van der Waals surface area contributed by atoms with Gasteiger partial charge in [-0.25, -0.2) is 8.42 Å². The number of carbonyl (C=O) groups excluding carboxylic acids is 1. The number of rotatable bonds is 5. The summed E-state index contributed by atoms with van der Waals surface area (Å²) in [5, 5.41) is 10.6. The molecule has 1 fully saturated rings. The van der Waals surface area contributed by atoms with Crippen molar-refractivity contribution in [1.29, 1.82) is 0 Å². The smallest absolute Gasteiger partial charge is 0.248 e. The van der Waals surface area contributed by atoms with Crippen molar-refractivity contribution in [1.82, 2.24) is 14.8 Å². The van der Waals surface area contributed by atoms with Crippen LogP contribution >= 0.6 is 11.3 Å². The van der Waals surface area contributed by atoms with E-state index in [4.69, 9.17) is 4.52 Å². The Morgan fingerprint density at radius 3 is 2.68 bits per heavy atom. The van der Waals surface area contributed by atoms with Crippen LogP contribution in [0.4, 0.5) is 0 Å². The molecule has 0 aromatic carbocycles. The van der Waals surface area contributed by atoms with E-state index in [1.807, 2.05) is 16.8 Å². The minimum Gasteiger partial charge on any atom is -0.360 e. The second kappa shape index (κ2) is 7.27. The third-order valence-electron chi connectivity index (χ3n) is 4.44. The van der Waals surface area contributed by atoms with Crippen LogP contribution in [0.3, 0.4) is 0 Å². The topological polar surface area (TPSA) is 92.5 Å². The Balaban J connectivity index is 1.59. The van der Waals surface area contributed by atoms with Gasteiger partial charge in [0, 0.05) is 25.6 Å². The number of amides is 1. The van der Waals surface area contributed by atoms with Crippen molar-refractivity contribution in [2.75, 3.05) is 13.1 Å². The van der Waals surface area contributed by atoms with E-state index in [-0.39, 0.29) is 16.7 Å². The standard InChI is InChI=1S/C16H21N3O4S2/c1-11-15(12(2)23-18-11)25(21,22)19-6-3-14(4-7-19)16(20)17-9-13-5-8-24-10-13/h5,8,10,14H,3-4,6-7,9H2,1-2H3,(H,17,20). The van der Waals surface area contributed by atoms with Gasteiger partial charge in [0.1, 0.15) is 10.6 Å². The Labute approximate surface area is 151 Å². The zero-order chi connectivity index (χ0) is 18.0. The summed E-state index contributed by atoms with van der Waals surface area (Å²) in [6.45, 7) is 4.37. The maximum absolute atomic E-state index is 12.8. The minimum absolute atomic E-state index is 0.0133. The van der Waals surface area contributed by atoms with Crippen molar-refractivity contribution in [3.8, 4) is 0 Å². The molecule has 1 N–H and O–H groups in total. The number of aromatic nitrogens is 1. The van der Waals surface area contributed by atoms with Gasteiger partial charge >= 0.3 is 0 Å². The first kappa shape index (κ1) is 18.1. The van der Waals surface area contributed by atoms with Crippen LogP contribution in [-0.2, 0) is 21.4 Å². The molecule has 2 aromatic heterocycles. The lowest BCUT2D eigenvalue weighted by atomic mass is 9.97. The van der Waals surface area contributed by atoms with Crippen molar-refractivity contribution < 1.29 is 17.7 Å². The highest BCUT2D eigenvalue weighted by Gasteiger charge is 2.35. The van der Waals surface area contributed by atoms with Crippen LogP contribution in [0.5, 0.6) is 0 Å². The zero-order valence-corrected chi connectivity index (χ0v) is 15.8. The summed E-state index contributed by atoms with van der Waals surface area (Å²) in [5.41, 5.74) is 1.45. The Morgan fingerprint density at radius 1 is 1.40 bits per heavy atom. The number of nitrogens with one attached hydrogen (secondary N) is 1. The van der Waals surface area contributed by atoms with Crippen LogP contribution in [0.15, 0.2) is 26.2 Å². The Hall–Kier alpha value is -1.71. The largest absolute Gasteiger partial charge is 0.360 e. The van der Waals surface area contributed by atoms with Crippen molar-refractivity contribution in [3.63, 3.8) is 0 Å². The first-order valence-electron chi connectivity index (χ1n) is 8.11. The van der Waals surface area contributed by atoms with E-state index in [2.05, 4.69) is 10.5 Å². The number of carbonyl (C=O) groups is 1. The number of hydrogen-bond acceptors (Lipinski definition) is 6. The molecule has 0 radical (unpaired) electrons. The van der Waals surface area contributed by atoms with Crippen molar-refractivity contribution in [2.24, 2.45) is 5.92 Å². The van der Waals surface area contributed by atoms with Crippen LogP contribution in [-0.4, -0.2) is 36.9 Å². The quantitative estimate of drug-likeness (QED) is 0.853.